The molecule has 1 aliphatic heterocycles. The number of amides is 2. The maximum absolute atomic E-state index is 12.3. The molecule has 8 nitrogen and oxygen atoms in total. The van der Waals surface area contributed by atoms with Crippen molar-refractivity contribution in [2.45, 2.75) is 0 Å². The van der Waals surface area contributed by atoms with Gasteiger partial charge < -0.3 is 29.6 Å². The summed E-state index contributed by atoms with van der Waals surface area (Å²) in [7, 11) is 0. The van der Waals surface area contributed by atoms with Crippen LogP contribution >= 0.6 is 15.9 Å². The van der Waals surface area contributed by atoms with Gasteiger partial charge in [0.05, 0.1) is 6.61 Å². The Morgan fingerprint density at radius 2 is 2.00 bits per heavy atom. The van der Waals surface area contributed by atoms with Crippen molar-refractivity contribution in [2.75, 3.05) is 19.9 Å². The summed E-state index contributed by atoms with van der Waals surface area (Å²) in [6.45, 7) is -0.0297. The van der Waals surface area contributed by atoms with Crippen LogP contribution in [0.15, 0.2) is 45.1 Å². The van der Waals surface area contributed by atoms with Crippen molar-refractivity contribution in [2.24, 2.45) is 0 Å². The average Bonchev–Trinajstić information content (AvgIpc) is 3.27. The second-order valence-electron chi connectivity index (χ2n) is 5.21. The first-order valence-electron chi connectivity index (χ1n) is 7.64. The maximum Gasteiger partial charge on any atom is 0.291 e. The summed E-state index contributed by atoms with van der Waals surface area (Å²) in [6.07, 6.45) is 1.49. The van der Waals surface area contributed by atoms with Gasteiger partial charge in [-0.2, -0.15) is 0 Å². The molecule has 1 aliphatic rings. The molecule has 0 aliphatic carbocycles. The predicted molar refractivity (Wildman–Crippen MR) is 94.5 cm³/mol. The predicted octanol–water partition coefficient (Wildman–Crippen LogP) is 1.65. The van der Waals surface area contributed by atoms with Gasteiger partial charge >= 0.3 is 0 Å². The van der Waals surface area contributed by atoms with E-state index >= 15 is 0 Å². The van der Waals surface area contributed by atoms with Gasteiger partial charge in [-0.05, 0) is 51.8 Å². The number of furan rings is 1. The van der Waals surface area contributed by atoms with E-state index in [1.807, 2.05) is 0 Å². The molecule has 0 radical (unpaired) electrons. The van der Waals surface area contributed by atoms with Gasteiger partial charge in [-0.15, -0.1) is 0 Å². The molecule has 1 aromatic heterocycles. The second kappa shape index (κ2) is 8.07. The van der Waals surface area contributed by atoms with E-state index < -0.39 is 11.8 Å². The Kier molecular flexibility index (Phi) is 5.59. The monoisotopic (exact) mass is 422 g/mol. The number of aliphatic hydroxyl groups excluding tert-OH is 1. The number of benzene rings is 1. The number of nitrogens with one attached hydrogen (secondary N) is 2. The Morgan fingerprint density at radius 1 is 1.19 bits per heavy atom. The number of carbonyl (C=O) groups excluding carboxylic acids is 2. The largest absolute Gasteiger partial charge is 0.454 e. The molecule has 0 atom stereocenters. The highest BCUT2D eigenvalue weighted by Gasteiger charge is 2.18. The first-order valence-corrected chi connectivity index (χ1v) is 8.43. The third kappa shape index (κ3) is 4.24. The molecule has 9 heteroatoms. The van der Waals surface area contributed by atoms with Crippen molar-refractivity contribution in [3.8, 4) is 11.5 Å². The third-order valence-electron chi connectivity index (χ3n) is 3.39. The summed E-state index contributed by atoms with van der Waals surface area (Å²) in [4.78, 5) is 24.6. The van der Waals surface area contributed by atoms with E-state index in [1.54, 1.807) is 24.3 Å². The molecule has 0 bridgehead atoms. The van der Waals surface area contributed by atoms with E-state index in [1.165, 1.54) is 12.1 Å². The number of carbonyl (C=O) groups is 2. The number of fused-ring (bicyclic) bond motifs is 1. The first kappa shape index (κ1) is 18.0. The molecule has 3 N–H and O–H groups in total. The second-order valence-corrected chi connectivity index (χ2v) is 5.99. The molecule has 3 rings (SSSR count). The quantitative estimate of drug-likeness (QED) is 0.610. The van der Waals surface area contributed by atoms with Crippen molar-refractivity contribution >= 4 is 33.8 Å². The third-order valence-corrected chi connectivity index (χ3v) is 3.82. The highest BCUT2D eigenvalue weighted by Crippen LogP contribution is 2.33. The Labute approximate surface area is 156 Å². The number of hydrogen-bond donors (Lipinski definition) is 3. The van der Waals surface area contributed by atoms with Crippen LogP contribution in [0.25, 0.3) is 6.08 Å². The number of aliphatic hydroxyl groups is 1. The van der Waals surface area contributed by atoms with Crippen LogP contribution in [0.5, 0.6) is 11.5 Å². The zero-order valence-corrected chi connectivity index (χ0v) is 15.0. The van der Waals surface area contributed by atoms with Gasteiger partial charge in [-0.25, -0.2) is 0 Å². The van der Waals surface area contributed by atoms with E-state index in [9.17, 15) is 9.59 Å². The van der Waals surface area contributed by atoms with Crippen molar-refractivity contribution in [3.63, 3.8) is 0 Å². The normalized spacial score (nSPS) is 12.8. The molecule has 1 aromatic carbocycles. The molecular weight excluding hydrogens is 408 g/mol. The molecule has 0 fully saturated rings. The van der Waals surface area contributed by atoms with E-state index in [2.05, 4.69) is 26.6 Å². The highest BCUT2D eigenvalue weighted by molar-refractivity contribution is 9.10. The smallest absolute Gasteiger partial charge is 0.291 e. The number of hydrogen-bond acceptors (Lipinski definition) is 6. The van der Waals surface area contributed by atoms with Crippen molar-refractivity contribution < 1.29 is 28.6 Å². The van der Waals surface area contributed by atoms with Crippen LogP contribution in [0.3, 0.4) is 0 Å². The van der Waals surface area contributed by atoms with Crippen LogP contribution in [0.2, 0.25) is 0 Å². The molecule has 0 saturated carbocycles. The standard InChI is InChI=1S/C17H15BrN2O6/c18-15-4-3-13(26-15)17(23)20-11(16(22)19-5-6-21)7-10-1-2-12-14(8-10)25-9-24-12/h1-4,7-8,21H,5-6,9H2,(H,19,22)(H,20,23)/b11-7-. The van der Waals surface area contributed by atoms with Crippen LogP contribution in [0.1, 0.15) is 16.1 Å². The molecule has 136 valence electrons. The van der Waals surface area contributed by atoms with Gasteiger partial charge in [0.15, 0.2) is 21.9 Å². The van der Waals surface area contributed by atoms with E-state index in [0.717, 1.165) is 0 Å². The minimum absolute atomic E-state index is 0.00478. The lowest BCUT2D eigenvalue weighted by Crippen LogP contribution is -2.36. The van der Waals surface area contributed by atoms with Gasteiger partial charge in [-0.3, -0.25) is 9.59 Å². The highest BCUT2D eigenvalue weighted by atomic mass is 79.9. The minimum Gasteiger partial charge on any atom is -0.454 e. The van der Waals surface area contributed by atoms with Crippen LogP contribution < -0.4 is 20.1 Å². The van der Waals surface area contributed by atoms with Crippen LogP contribution in [0, 0.1) is 0 Å². The SMILES string of the molecule is O=C(NCCO)/C(=C/c1ccc2c(c1)OCO2)NC(=O)c1ccc(Br)o1. The Balaban J connectivity index is 1.84. The summed E-state index contributed by atoms with van der Waals surface area (Å²) in [5.74, 6) is 0.0778. The Morgan fingerprint density at radius 3 is 2.73 bits per heavy atom. The van der Waals surface area contributed by atoms with Crippen LogP contribution in [-0.4, -0.2) is 36.9 Å². The minimum atomic E-state index is -0.582. The number of halogens is 1. The van der Waals surface area contributed by atoms with Crippen molar-refractivity contribution in [1.29, 1.82) is 0 Å². The fraction of sp³-hybridized carbons (Fsp3) is 0.176. The summed E-state index contributed by atoms with van der Waals surface area (Å²) in [5, 5.41) is 13.9. The lowest BCUT2D eigenvalue weighted by molar-refractivity contribution is -0.117. The first-order chi connectivity index (χ1) is 12.6. The number of rotatable bonds is 6. The van der Waals surface area contributed by atoms with Gasteiger partial charge in [0, 0.05) is 6.54 Å². The lowest BCUT2D eigenvalue weighted by Gasteiger charge is -2.10. The zero-order valence-electron chi connectivity index (χ0n) is 13.5. The summed E-state index contributed by atoms with van der Waals surface area (Å²) in [5.41, 5.74) is 0.624. The van der Waals surface area contributed by atoms with Gasteiger partial charge in [-0.1, -0.05) is 6.07 Å². The molecular formula is C17H15BrN2O6. The lowest BCUT2D eigenvalue weighted by atomic mass is 10.1. The van der Waals surface area contributed by atoms with E-state index in [-0.39, 0.29) is 31.4 Å². The summed E-state index contributed by atoms with van der Waals surface area (Å²) in [6, 6.07) is 8.17. The zero-order chi connectivity index (χ0) is 18.5. The fourth-order valence-electron chi connectivity index (χ4n) is 2.21. The van der Waals surface area contributed by atoms with Crippen LogP contribution in [-0.2, 0) is 4.79 Å². The molecule has 2 aromatic rings. The maximum atomic E-state index is 12.3. The molecule has 2 amide bonds. The molecule has 2 heterocycles. The molecule has 0 unspecified atom stereocenters. The van der Waals surface area contributed by atoms with Gasteiger partial charge in [0.2, 0.25) is 6.79 Å². The fourth-order valence-corrected chi connectivity index (χ4v) is 2.52. The van der Waals surface area contributed by atoms with Crippen molar-refractivity contribution in [1.82, 2.24) is 10.6 Å². The molecule has 26 heavy (non-hydrogen) atoms. The van der Waals surface area contributed by atoms with E-state index in [4.69, 9.17) is 19.0 Å². The van der Waals surface area contributed by atoms with Gasteiger partial charge in [0.1, 0.15) is 5.70 Å². The van der Waals surface area contributed by atoms with E-state index in [0.29, 0.717) is 21.7 Å². The topological polar surface area (TPSA) is 110 Å². The van der Waals surface area contributed by atoms with Crippen molar-refractivity contribution in [3.05, 3.63) is 52.0 Å². The summed E-state index contributed by atoms with van der Waals surface area (Å²) < 4.78 is 16.1. The molecule has 0 spiro atoms. The Hall–Kier alpha value is -2.78. The Bertz CT molecular complexity index is 861. The average molecular weight is 423 g/mol. The number of ether oxygens (including phenoxy) is 2. The molecule has 0 saturated heterocycles. The van der Waals surface area contributed by atoms with Gasteiger partial charge in [0.25, 0.3) is 11.8 Å². The van der Waals surface area contributed by atoms with Crippen LogP contribution in [0.4, 0.5) is 0 Å². The summed E-state index contributed by atoms with van der Waals surface area (Å²) >= 11 is 3.12.